The number of benzene rings is 4. The lowest BCUT2D eigenvalue weighted by Gasteiger charge is -2.29. The molecule has 0 spiro atoms. The second-order valence-corrected chi connectivity index (χ2v) is 13.8. The molecule has 0 saturated carbocycles. The molecule has 1 aliphatic carbocycles. The van der Waals surface area contributed by atoms with Gasteiger partial charge >= 0.3 is 0 Å². The number of aromatic nitrogens is 1. The van der Waals surface area contributed by atoms with E-state index in [2.05, 4.69) is 70.8 Å². The largest absolute Gasteiger partial charge is 0.373 e. The van der Waals surface area contributed by atoms with Crippen LogP contribution in [0.3, 0.4) is 0 Å². The molecule has 0 amide bonds. The van der Waals surface area contributed by atoms with Crippen LogP contribution >= 0.6 is 7.14 Å². The van der Waals surface area contributed by atoms with Crippen molar-refractivity contribution in [1.82, 2.24) is 10.3 Å². The summed E-state index contributed by atoms with van der Waals surface area (Å²) >= 11 is 0. The summed E-state index contributed by atoms with van der Waals surface area (Å²) in [6.45, 7) is 1.97. The predicted octanol–water partition coefficient (Wildman–Crippen LogP) is 7.45. The number of terminal acetylenes is 1. The van der Waals surface area contributed by atoms with Crippen molar-refractivity contribution < 1.29 is 4.57 Å². The van der Waals surface area contributed by atoms with E-state index in [4.69, 9.17) is 6.42 Å². The average molecular weight is 575 g/mol. The summed E-state index contributed by atoms with van der Waals surface area (Å²) in [6, 6.07) is 32.6. The van der Waals surface area contributed by atoms with E-state index in [1.54, 1.807) is 0 Å². The highest BCUT2D eigenvalue weighted by atomic mass is 31.2. The maximum atomic E-state index is 15.5. The Labute approximate surface area is 253 Å². The van der Waals surface area contributed by atoms with Crippen LogP contribution in [-0.2, 0) is 11.0 Å². The molecule has 4 aromatic carbocycles. The van der Waals surface area contributed by atoms with Gasteiger partial charge in [-0.1, -0.05) is 109 Å². The van der Waals surface area contributed by atoms with Gasteiger partial charge in [-0.25, -0.2) is 0 Å². The van der Waals surface area contributed by atoms with Crippen molar-refractivity contribution in [3.8, 4) is 12.3 Å². The molecule has 2 unspecified atom stereocenters. The number of dihydropyridines is 1. The molecule has 43 heavy (non-hydrogen) atoms. The van der Waals surface area contributed by atoms with E-state index in [0.717, 1.165) is 67.6 Å². The van der Waals surface area contributed by atoms with Gasteiger partial charge < -0.3 is 9.88 Å². The third-order valence-electron chi connectivity index (χ3n) is 8.52. The van der Waals surface area contributed by atoms with Crippen molar-refractivity contribution in [2.75, 3.05) is 0 Å². The first-order valence-electron chi connectivity index (χ1n) is 14.6. The summed E-state index contributed by atoms with van der Waals surface area (Å²) in [6.07, 6.45) is 18.2. The molecular weight excluding hydrogens is 543 g/mol. The Morgan fingerprint density at radius 3 is 2.47 bits per heavy atom. The SMILES string of the molecule is C#Cc1cc(P(=O)(c2ccc(C3C=CC4=C(N3)c3ncccc3CC4)cc2)c2ccc3ccccc3c2)ccc1/C=C\C. The van der Waals surface area contributed by atoms with Gasteiger partial charge in [-0.15, -0.1) is 6.42 Å². The number of hydrogen-bond acceptors (Lipinski definition) is 3. The van der Waals surface area contributed by atoms with Crippen molar-refractivity contribution in [2.45, 2.75) is 25.8 Å². The smallest absolute Gasteiger partial charge is 0.171 e. The summed E-state index contributed by atoms with van der Waals surface area (Å²) < 4.78 is 15.5. The van der Waals surface area contributed by atoms with Crippen LogP contribution in [-0.4, -0.2) is 4.98 Å². The zero-order valence-corrected chi connectivity index (χ0v) is 24.9. The third kappa shape index (κ3) is 4.75. The molecule has 1 N–H and O–H groups in total. The third-order valence-corrected chi connectivity index (χ3v) is 11.6. The highest BCUT2D eigenvalue weighted by Crippen LogP contribution is 2.44. The molecule has 7 rings (SSSR count). The maximum absolute atomic E-state index is 15.5. The highest BCUT2D eigenvalue weighted by Gasteiger charge is 2.31. The van der Waals surface area contributed by atoms with E-state index < -0.39 is 7.14 Å². The van der Waals surface area contributed by atoms with Gasteiger partial charge in [-0.3, -0.25) is 4.98 Å². The summed E-state index contributed by atoms with van der Waals surface area (Å²) in [5.74, 6) is 2.81. The Balaban J connectivity index is 1.30. The van der Waals surface area contributed by atoms with Crippen LogP contribution in [0, 0.1) is 12.3 Å². The van der Waals surface area contributed by atoms with E-state index in [9.17, 15) is 0 Å². The fraction of sp³-hybridized carbons (Fsp3) is 0.103. The van der Waals surface area contributed by atoms with E-state index in [1.807, 2.05) is 79.9 Å². The van der Waals surface area contributed by atoms with Gasteiger partial charge in [0.15, 0.2) is 7.14 Å². The molecule has 1 aliphatic heterocycles. The zero-order chi connectivity index (χ0) is 29.4. The van der Waals surface area contributed by atoms with E-state index in [-0.39, 0.29) is 6.04 Å². The number of allylic oxidation sites excluding steroid dienone is 3. The Hall–Kier alpha value is -4.90. The van der Waals surface area contributed by atoms with Gasteiger partial charge in [-0.05, 0) is 71.0 Å². The predicted molar refractivity (Wildman–Crippen MR) is 180 cm³/mol. The van der Waals surface area contributed by atoms with Crippen LogP contribution in [0.5, 0.6) is 0 Å². The molecule has 1 aromatic heterocycles. The number of nitrogens with one attached hydrogen (secondary N) is 1. The van der Waals surface area contributed by atoms with Crippen LogP contribution in [0.2, 0.25) is 0 Å². The molecule has 4 heteroatoms. The first-order chi connectivity index (χ1) is 21.1. The van der Waals surface area contributed by atoms with E-state index >= 15 is 4.57 Å². The Kier molecular flexibility index (Phi) is 6.94. The minimum atomic E-state index is -3.26. The number of pyridine rings is 1. The Bertz CT molecular complexity index is 2060. The van der Waals surface area contributed by atoms with Gasteiger partial charge in [0.1, 0.15) is 0 Å². The van der Waals surface area contributed by atoms with Crippen molar-refractivity contribution in [3.05, 3.63) is 155 Å². The highest BCUT2D eigenvalue weighted by molar-refractivity contribution is 7.85. The summed E-state index contributed by atoms with van der Waals surface area (Å²) in [7, 11) is -3.26. The average Bonchev–Trinajstić information content (AvgIpc) is 3.07. The van der Waals surface area contributed by atoms with Gasteiger partial charge in [0.05, 0.1) is 17.4 Å². The number of hydrogen-bond donors (Lipinski definition) is 1. The molecule has 2 atom stereocenters. The fourth-order valence-corrected chi connectivity index (χ4v) is 8.92. The van der Waals surface area contributed by atoms with Gasteiger partial charge in [0, 0.05) is 27.7 Å². The summed E-state index contributed by atoms with van der Waals surface area (Å²) in [5.41, 5.74) is 7.51. The number of fused-ring (bicyclic) bond motifs is 3. The Morgan fingerprint density at radius 2 is 1.65 bits per heavy atom. The molecule has 5 aromatic rings. The molecule has 0 fully saturated rings. The fourth-order valence-electron chi connectivity index (χ4n) is 6.25. The molecule has 2 aliphatic rings. The molecule has 0 saturated heterocycles. The lowest BCUT2D eigenvalue weighted by atomic mass is 9.89. The zero-order valence-electron chi connectivity index (χ0n) is 24.0. The first kappa shape index (κ1) is 27.0. The second-order valence-electron chi connectivity index (χ2n) is 11.0. The maximum Gasteiger partial charge on any atom is 0.171 e. The van der Waals surface area contributed by atoms with Crippen LogP contribution in [0.4, 0.5) is 0 Å². The lowest BCUT2D eigenvalue weighted by Crippen LogP contribution is -2.27. The van der Waals surface area contributed by atoms with Crippen LogP contribution in [0.25, 0.3) is 22.5 Å². The van der Waals surface area contributed by atoms with E-state index in [0.29, 0.717) is 0 Å². The van der Waals surface area contributed by atoms with Crippen LogP contribution < -0.4 is 21.2 Å². The topological polar surface area (TPSA) is 42.0 Å². The van der Waals surface area contributed by atoms with Crippen molar-refractivity contribution in [2.24, 2.45) is 0 Å². The summed E-state index contributed by atoms with van der Waals surface area (Å²) in [4.78, 5) is 4.69. The van der Waals surface area contributed by atoms with Crippen LogP contribution in [0.1, 0.15) is 47.3 Å². The van der Waals surface area contributed by atoms with Crippen LogP contribution in [0.15, 0.2) is 127 Å². The normalized spacial score (nSPS) is 17.2. The van der Waals surface area contributed by atoms with Crippen molar-refractivity contribution >= 4 is 45.6 Å². The molecule has 3 nitrogen and oxygen atoms in total. The molecule has 0 radical (unpaired) electrons. The molecule has 2 heterocycles. The lowest BCUT2D eigenvalue weighted by molar-refractivity contribution is 0.592. The molecule has 208 valence electrons. The van der Waals surface area contributed by atoms with Crippen molar-refractivity contribution in [1.29, 1.82) is 0 Å². The molecule has 0 bridgehead atoms. The minimum absolute atomic E-state index is 0.00559. The molecular formula is C39H31N2OP. The number of rotatable bonds is 5. The Morgan fingerprint density at radius 1 is 0.884 bits per heavy atom. The second kappa shape index (κ2) is 11.1. The van der Waals surface area contributed by atoms with Gasteiger partial charge in [-0.2, -0.15) is 0 Å². The number of nitrogens with zero attached hydrogens (tertiary/aromatic N) is 1. The van der Waals surface area contributed by atoms with E-state index in [1.165, 1.54) is 11.1 Å². The summed E-state index contributed by atoms with van der Waals surface area (Å²) in [5, 5.41) is 8.20. The minimum Gasteiger partial charge on any atom is -0.373 e. The standard InChI is InChI=1S/C39H31N2OP/c1-3-8-28-14-21-35(25-27(28)4-2)43(42,36-22-15-29-9-5-6-10-33(29)26-36)34-19-16-30(17-20-34)37-23-18-32-13-12-31-11-7-24-40-38(31)39(32)41-37/h2-3,5-11,14-26,37,41H,12-13H2,1H3/b8-3-. The van der Waals surface area contributed by atoms with Crippen molar-refractivity contribution in [3.63, 3.8) is 0 Å². The monoisotopic (exact) mass is 574 g/mol. The number of aryl methyl sites for hydroxylation is 1. The van der Waals surface area contributed by atoms with Gasteiger partial charge in [0.25, 0.3) is 0 Å². The van der Waals surface area contributed by atoms with Gasteiger partial charge in [0.2, 0.25) is 0 Å². The quantitative estimate of drug-likeness (QED) is 0.175. The first-order valence-corrected chi connectivity index (χ1v) is 16.3.